The Morgan fingerprint density at radius 1 is 1.46 bits per heavy atom. The van der Waals surface area contributed by atoms with Crippen LogP contribution in [-0.2, 0) is 6.18 Å². The van der Waals surface area contributed by atoms with Gasteiger partial charge in [0.05, 0.1) is 21.3 Å². The van der Waals surface area contributed by atoms with Crippen molar-refractivity contribution in [3.63, 3.8) is 0 Å². The van der Waals surface area contributed by atoms with Crippen molar-refractivity contribution in [1.82, 2.24) is 0 Å². The Labute approximate surface area is 85.9 Å². The third kappa shape index (κ3) is 2.37. The van der Waals surface area contributed by atoms with Gasteiger partial charge in [0.15, 0.2) is 0 Å². The molecule has 0 atom stereocenters. The lowest BCUT2D eigenvalue weighted by atomic mass is 10.2. The van der Waals surface area contributed by atoms with Crippen LogP contribution in [0.1, 0.15) is 9.68 Å². The van der Waals surface area contributed by atoms with Crippen molar-refractivity contribution in [3.05, 3.63) is 28.2 Å². The number of hydrogen-bond donors (Lipinski definition) is 0. The fraction of sp³-hybridized carbons (Fsp3) is 0.250. The first-order valence-electron chi connectivity index (χ1n) is 4.62. The van der Waals surface area contributed by atoms with Gasteiger partial charge in [-0.15, -0.1) is 0 Å². The molecular weight excluding hydrogens is 249 g/mol. The summed E-state index contributed by atoms with van der Waals surface area (Å²) in [6.07, 6.45) is -4.83. The molecular formula is C8H6BrF3O. The molecule has 0 fully saturated rings. The predicted molar refractivity (Wildman–Crippen MR) is 45.7 cm³/mol. The number of alkyl halides is 3. The fourth-order valence-electron chi connectivity index (χ4n) is 0.654. The fourth-order valence-corrected chi connectivity index (χ4v) is 1.11. The van der Waals surface area contributed by atoms with E-state index in [2.05, 4.69) is 20.7 Å². The van der Waals surface area contributed by atoms with Gasteiger partial charge in [0.2, 0.25) is 0 Å². The van der Waals surface area contributed by atoms with Crippen molar-refractivity contribution in [2.24, 2.45) is 0 Å². The Bertz CT molecular complexity index is 405. The molecule has 0 radical (unpaired) electrons. The van der Waals surface area contributed by atoms with Crippen LogP contribution in [0.5, 0.6) is 5.75 Å². The van der Waals surface area contributed by atoms with Gasteiger partial charge in [0.25, 0.3) is 0 Å². The Morgan fingerprint density at radius 3 is 2.54 bits per heavy atom. The van der Waals surface area contributed by atoms with Gasteiger partial charge >= 0.3 is 6.18 Å². The van der Waals surface area contributed by atoms with E-state index in [1.807, 2.05) is 0 Å². The molecule has 0 spiro atoms. The van der Waals surface area contributed by atoms with E-state index in [4.69, 9.17) is 4.11 Å². The standard InChI is InChI=1S/C8H6BrF3O/c1-13-7-3-2-5(4-6(7)9)8(10,11)12/h2-4H,1H3/i2D,3D,4D. The Hall–Kier alpha value is -0.710. The molecule has 1 aromatic carbocycles. The average Bonchev–Trinajstić information content (AvgIpc) is 2.14. The molecule has 0 heterocycles. The summed E-state index contributed by atoms with van der Waals surface area (Å²) in [5.41, 5.74) is -1.44. The van der Waals surface area contributed by atoms with Crippen LogP contribution < -0.4 is 4.74 Å². The maximum absolute atomic E-state index is 12.5. The van der Waals surface area contributed by atoms with Crippen LogP contribution in [0.25, 0.3) is 0 Å². The molecule has 0 aromatic heterocycles. The van der Waals surface area contributed by atoms with E-state index in [1.54, 1.807) is 0 Å². The van der Waals surface area contributed by atoms with Gasteiger partial charge in [0, 0.05) is 0 Å². The first kappa shape index (κ1) is 6.70. The van der Waals surface area contributed by atoms with E-state index < -0.39 is 29.9 Å². The smallest absolute Gasteiger partial charge is 0.416 e. The predicted octanol–water partition coefficient (Wildman–Crippen LogP) is 3.48. The molecule has 1 rings (SSSR count). The number of methoxy groups -OCH3 is 1. The van der Waals surface area contributed by atoms with Crippen LogP contribution >= 0.6 is 15.9 Å². The summed E-state index contributed by atoms with van der Waals surface area (Å²) < 4.78 is 63.8. The lowest BCUT2D eigenvalue weighted by Gasteiger charge is -2.08. The van der Waals surface area contributed by atoms with E-state index in [1.165, 1.54) is 0 Å². The molecule has 5 heteroatoms. The molecule has 0 saturated heterocycles. The first-order chi connectivity index (χ1) is 7.21. The van der Waals surface area contributed by atoms with Gasteiger partial charge < -0.3 is 4.74 Å². The van der Waals surface area contributed by atoms with Crippen molar-refractivity contribution >= 4 is 15.9 Å². The molecule has 0 aliphatic heterocycles. The molecule has 0 bridgehead atoms. The number of benzene rings is 1. The normalized spacial score (nSPS) is 14.7. The zero-order valence-corrected chi connectivity index (χ0v) is 8.01. The summed E-state index contributed by atoms with van der Waals surface area (Å²) in [5, 5.41) is 0. The molecule has 1 nitrogen and oxygen atoms in total. The quantitative estimate of drug-likeness (QED) is 0.749. The van der Waals surface area contributed by atoms with Crippen LogP contribution in [0.2, 0.25) is 0 Å². The van der Waals surface area contributed by atoms with Gasteiger partial charge in [-0.2, -0.15) is 13.2 Å². The largest absolute Gasteiger partial charge is 0.496 e. The first-order valence-corrected chi connectivity index (χ1v) is 3.91. The van der Waals surface area contributed by atoms with Gasteiger partial charge in [0.1, 0.15) is 5.75 Å². The van der Waals surface area contributed by atoms with Crippen molar-refractivity contribution < 1.29 is 22.0 Å². The molecule has 0 amide bonds. The van der Waals surface area contributed by atoms with Gasteiger partial charge in [-0.25, -0.2) is 0 Å². The van der Waals surface area contributed by atoms with E-state index >= 15 is 0 Å². The second-order valence-corrected chi connectivity index (χ2v) is 2.89. The Balaban J connectivity index is 3.67. The number of ether oxygens (including phenoxy) is 1. The summed E-state index contributed by atoms with van der Waals surface area (Å²) in [5.74, 6) is -0.247. The topological polar surface area (TPSA) is 9.23 Å². The molecule has 0 N–H and O–H groups in total. The van der Waals surface area contributed by atoms with Crippen molar-refractivity contribution in [3.8, 4) is 5.75 Å². The van der Waals surface area contributed by atoms with Crippen LogP contribution in [0.3, 0.4) is 0 Å². The van der Waals surface area contributed by atoms with E-state index in [9.17, 15) is 13.2 Å². The number of hydrogen-bond acceptors (Lipinski definition) is 1. The molecule has 72 valence electrons. The SMILES string of the molecule is [2H]c1c([2H])c(C(F)(F)F)c([2H])c(Br)c1OC. The second kappa shape index (κ2) is 3.57. The lowest BCUT2D eigenvalue weighted by Crippen LogP contribution is -2.04. The lowest BCUT2D eigenvalue weighted by molar-refractivity contribution is -0.137. The second-order valence-electron chi connectivity index (χ2n) is 2.09. The number of rotatable bonds is 1. The summed E-state index contributed by atoms with van der Waals surface area (Å²) in [6, 6.07) is -2.65. The molecule has 13 heavy (non-hydrogen) atoms. The summed E-state index contributed by atoms with van der Waals surface area (Å²) in [6.45, 7) is 0. The summed E-state index contributed by atoms with van der Waals surface area (Å²) in [4.78, 5) is 0. The highest BCUT2D eigenvalue weighted by atomic mass is 79.9. The minimum Gasteiger partial charge on any atom is -0.496 e. The van der Waals surface area contributed by atoms with Crippen molar-refractivity contribution in [2.75, 3.05) is 7.11 Å². The van der Waals surface area contributed by atoms with Gasteiger partial charge in [-0.1, -0.05) is 0 Å². The summed E-state index contributed by atoms with van der Waals surface area (Å²) in [7, 11) is 1.16. The van der Waals surface area contributed by atoms with Gasteiger partial charge in [-0.3, -0.25) is 0 Å². The van der Waals surface area contributed by atoms with Crippen LogP contribution in [0, 0.1) is 0 Å². The molecule has 0 saturated carbocycles. The monoisotopic (exact) mass is 257 g/mol. The van der Waals surface area contributed by atoms with Gasteiger partial charge in [-0.05, 0) is 34.1 Å². The van der Waals surface area contributed by atoms with Crippen LogP contribution in [0.4, 0.5) is 13.2 Å². The maximum atomic E-state index is 12.5. The zero-order valence-electron chi connectivity index (χ0n) is 9.42. The van der Waals surface area contributed by atoms with E-state index in [0.29, 0.717) is 0 Å². The highest BCUT2D eigenvalue weighted by Crippen LogP contribution is 2.34. The third-order valence-electron chi connectivity index (χ3n) is 1.22. The highest BCUT2D eigenvalue weighted by Gasteiger charge is 2.30. The zero-order chi connectivity index (χ0) is 12.7. The van der Waals surface area contributed by atoms with Crippen molar-refractivity contribution in [2.45, 2.75) is 6.18 Å². The molecule has 1 aromatic rings. The van der Waals surface area contributed by atoms with E-state index in [-0.39, 0.29) is 10.2 Å². The molecule has 0 aliphatic carbocycles. The van der Waals surface area contributed by atoms with Crippen molar-refractivity contribution in [1.29, 1.82) is 0 Å². The Kier molecular flexibility index (Phi) is 1.84. The maximum Gasteiger partial charge on any atom is 0.416 e. The average molecular weight is 258 g/mol. The minimum atomic E-state index is -4.83. The summed E-state index contributed by atoms with van der Waals surface area (Å²) >= 11 is 2.75. The van der Waals surface area contributed by atoms with E-state index in [0.717, 1.165) is 7.11 Å². The van der Waals surface area contributed by atoms with Crippen LogP contribution in [0.15, 0.2) is 22.6 Å². The van der Waals surface area contributed by atoms with Crippen LogP contribution in [-0.4, -0.2) is 7.11 Å². The number of halogens is 4. The Morgan fingerprint density at radius 2 is 2.08 bits per heavy atom. The molecule has 0 unspecified atom stereocenters. The minimum absolute atomic E-state index is 0.247. The molecule has 0 aliphatic rings. The highest BCUT2D eigenvalue weighted by molar-refractivity contribution is 9.10. The third-order valence-corrected chi connectivity index (χ3v) is 1.78.